The van der Waals surface area contributed by atoms with Crippen molar-refractivity contribution in [3.05, 3.63) is 23.8 Å². The summed E-state index contributed by atoms with van der Waals surface area (Å²) in [5.41, 5.74) is 0.641. The Bertz CT molecular complexity index is 581. The number of carboxylic acid groups (broad SMARTS) is 1. The van der Waals surface area contributed by atoms with Gasteiger partial charge in [-0.3, -0.25) is 14.8 Å². The molecule has 1 aromatic rings. The lowest BCUT2D eigenvalue weighted by molar-refractivity contribution is -0.138. The summed E-state index contributed by atoms with van der Waals surface area (Å²) in [7, 11) is -3.16. The van der Waals surface area contributed by atoms with E-state index in [0.717, 1.165) is 0 Å². The SMILES string of the molecule is CCC(C(=O)O)c1cncc(CS(=O)(=O)C2CC2)n1. The van der Waals surface area contributed by atoms with Crippen molar-refractivity contribution >= 4 is 15.8 Å². The summed E-state index contributed by atoms with van der Waals surface area (Å²) < 4.78 is 23.7. The second-order valence-electron chi connectivity index (χ2n) is 4.74. The second kappa shape index (κ2) is 5.24. The van der Waals surface area contributed by atoms with Crippen LogP contribution in [0.1, 0.15) is 43.5 Å². The zero-order valence-corrected chi connectivity index (χ0v) is 11.4. The van der Waals surface area contributed by atoms with E-state index >= 15 is 0 Å². The fourth-order valence-electron chi connectivity index (χ4n) is 1.92. The van der Waals surface area contributed by atoms with E-state index in [0.29, 0.717) is 30.7 Å². The van der Waals surface area contributed by atoms with Crippen LogP contribution in [0.25, 0.3) is 0 Å². The van der Waals surface area contributed by atoms with Gasteiger partial charge >= 0.3 is 5.97 Å². The van der Waals surface area contributed by atoms with Crippen LogP contribution in [0.15, 0.2) is 12.4 Å². The minimum atomic E-state index is -3.16. The molecule has 0 bridgehead atoms. The van der Waals surface area contributed by atoms with Gasteiger partial charge in [0.05, 0.1) is 22.4 Å². The fraction of sp³-hybridized carbons (Fsp3) is 0.583. The molecule has 6 nitrogen and oxygen atoms in total. The summed E-state index contributed by atoms with van der Waals surface area (Å²) in [6.45, 7) is 1.74. The molecule has 0 amide bonds. The summed E-state index contributed by atoms with van der Waals surface area (Å²) in [6, 6.07) is 0. The van der Waals surface area contributed by atoms with E-state index in [9.17, 15) is 13.2 Å². The molecule has 1 N–H and O–H groups in total. The molecule has 0 aliphatic heterocycles. The van der Waals surface area contributed by atoms with Gasteiger partial charge in [0.1, 0.15) is 5.92 Å². The molecule has 1 fully saturated rings. The van der Waals surface area contributed by atoms with Crippen LogP contribution in [-0.4, -0.2) is 34.7 Å². The van der Waals surface area contributed by atoms with Crippen LogP contribution in [0.3, 0.4) is 0 Å². The Morgan fingerprint density at radius 1 is 1.47 bits per heavy atom. The van der Waals surface area contributed by atoms with E-state index in [-0.39, 0.29) is 11.0 Å². The third kappa shape index (κ3) is 3.28. The number of carbonyl (C=O) groups is 1. The van der Waals surface area contributed by atoms with Crippen LogP contribution >= 0.6 is 0 Å². The molecule has 1 aliphatic carbocycles. The van der Waals surface area contributed by atoms with Gasteiger partial charge in [-0.25, -0.2) is 8.42 Å². The summed E-state index contributed by atoms with van der Waals surface area (Å²) in [5.74, 6) is -1.87. The number of sulfone groups is 1. The van der Waals surface area contributed by atoms with E-state index < -0.39 is 21.7 Å². The third-order valence-electron chi connectivity index (χ3n) is 3.15. The molecule has 19 heavy (non-hydrogen) atoms. The Kier molecular flexibility index (Phi) is 3.84. The van der Waals surface area contributed by atoms with Gasteiger partial charge in [0.15, 0.2) is 9.84 Å². The molecule has 1 aromatic heterocycles. The molecule has 0 aromatic carbocycles. The Balaban J connectivity index is 2.21. The highest BCUT2D eigenvalue weighted by Crippen LogP contribution is 2.30. The first kappa shape index (κ1) is 13.9. The van der Waals surface area contributed by atoms with E-state index in [1.54, 1.807) is 6.92 Å². The number of nitrogens with zero attached hydrogens (tertiary/aromatic N) is 2. The first-order chi connectivity index (χ1) is 8.94. The summed E-state index contributed by atoms with van der Waals surface area (Å²) in [6.07, 6.45) is 4.58. The largest absolute Gasteiger partial charge is 0.481 e. The molecule has 1 aliphatic rings. The third-order valence-corrected chi connectivity index (χ3v) is 5.33. The minimum absolute atomic E-state index is 0.158. The number of rotatable bonds is 6. The van der Waals surface area contributed by atoms with Crippen molar-refractivity contribution in [1.29, 1.82) is 0 Å². The van der Waals surface area contributed by atoms with Crippen LogP contribution < -0.4 is 0 Å². The monoisotopic (exact) mass is 284 g/mol. The van der Waals surface area contributed by atoms with Gasteiger partial charge in [-0.15, -0.1) is 0 Å². The highest BCUT2D eigenvalue weighted by Gasteiger charge is 2.36. The summed E-state index contributed by atoms with van der Waals surface area (Å²) >= 11 is 0. The predicted octanol–water partition coefficient (Wildman–Crippen LogP) is 1.13. The molecular formula is C12H16N2O4S. The van der Waals surface area contributed by atoms with Crippen LogP contribution in [0.4, 0.5) is 0 Å². The number of aliphatic carboxylic acids is 1. The zero-order chi connectivity index (χ0) is 14.0. The Labute approximate surface area is 111 Å². The number of carboxylic acids is 1. The molecule has 104 valence electrons. The van der Waals surface area contributed by atoms with Gasteiger partial charge in [-0.2, -0.15) is 0 Å². The van der Waals surface area contributed by atoms with Crippen molar-refractivity contribution in [2.75, 3.05) is 0 Å². The maximum Gasteiger partial charge on any atom is 0.312 e. The smallest absolute Gasteiger partial charge is 0.312 e. The molecule has 2 rings (SSSR count). The number of hydrogen-bond acceptors (Lipinski definition) is 5. The molecule has 0 saturated heterocycles. The minimum Gasteiger partial charge on any atom is -0.481 e. The molecular weight excluding hydrogens is 268 g/mol. The van der Waals surface area contributed by atoms with Crippen LogP contribution in [-0.2, 0) is 20.4 Å². The molecule has 1 heterocycles. The summed E-state index contributed by atoms with van der Waals surface area (Å²) in [4.78, 5) is 19.1. The Morgan fingerprint density at radius 2 is 2.16 bits per heavy atom. The van der Waals surface area contributed by atoms with Crippen molar-refractivity contribution in [3.63, 3.8) is 0 Å². The van der Waals surface area contributed by atoms with E-state index in [4.69, 9.17) is 5.11 Å². The van der Waals surface area contributed by atoms with E-state index in [1.165, 1.54) is 12.4 Å². The number of hydrogen-bond donors (Lipinski definition) is 1. The van der Waals surface area contributed by atoms with Crippen molar-refractivity contribution < 1.29 is 18.3 Å². The highest BCUT2D eigenvalue weighted by molar-refractivity contribution is 7.91. The van der Waals surface area contributed by atoms with Crippen LogP contribution in [0.2, 0.25) is 0 Å². The van der Waals surface area contributed by atoms with Gasteiger partial charge in [0.2, 0.25) is 0 Å². The predicted molar refractivity (Wildman–Crippen MR) is 68.3 cm³/mol. The lowest BCUT2D eigenvalue weighted by atomic mass is 10.0. The molecule has 7 heteroatoms. The van der Waals surface area contributed by atoms with Crippen molar-refractivity contribution in [1.82, 2.24) is 9.97 Å². The van der Waals surface area contributed by atoms with Gasteiger partial charge in [-0.1, -0.05) is 6.92 Å². The van der Waals surface area contributed by atoms with Crippen molar-refractivity contribution in [2.45, 2.75) is 43.1 Å². The van der Waals surface area contributed by atoms with E-state index in [2.05, 4.69) is 9.97 Å². The normalized spacial score (nSPS) is 17.1. The average Bonchev–Trinajstić information content (AvgIpc) is 3.13. The Morgan fingerprint density at radius 3 is 2.68 bits per heavy atom. The zero-order valence-electron chi connectivity index (χ0n) is 10.6. The van der Waals surface area contributed by atoms with Crippen LogP contribution in [0, 0.1) is 0 Å². The molecule has 1 unspecified atom stereocenters. The lowest BCUT2D eigenvalue weighted by Gasteiger charge is -2.10. The number of aromatic nitrogens is 2. The fourth-order valence-corrected chi connectivity index (χ4v) is 3.56. The average molecular weight is 284 g/mol. The van der Waals surface area contributed by atoms with Gasteiger partial charge in [-0.05, 0) is 19.3 Å². The lowest BCUT2D eigenvalue weighted by Crippen LogP contribution is -2.15. The highest BCUT2D eigenvalue weighted by atomic mass is 32.2. The standard InChI is InChI=1S/C12H16N2O4S/c1-2-10(12(15)16)11-6-13-5-8(14-11)7-19(17,18)9-3-4-9/h5-6,9-10H,2-4,7H2,1H3,(H,15,16). The second-order valence-corrected chi connectivity index (χ2v) is 7.02. The molecule has 0 radical (unpaired) electrons. The van der Waals surface area contributed by atoms with Crippen molar-refractivity contribution in [2.24, 2.45) is 0 Å². The van der Waals surface area contributed by atoms with Gasteiger partial charge in [0.25, 0.3) is 0 Å². The maximum atomic E-state index is 11.9. The van der Waals surface area contributed by atoms with E-state index in [1.807, 2.05) is 0 Å². The Hall–Kier alpha value is -1.50. The quantitative estimate of drug-likeness (QED) is 0.841. The topological polar surface area (TPSA) is 97.2 Å². The maximum absolute atomic E-state index is 11.9. The van der Waals surface area contributed by atoms with Crippen molar-refractivity contribution in [3.8, 4) is 0 Å². The molecule has 1 atom stereocenters. The first-order valence-corrected chi connectivity index (χ1v) is 7.90. The first-order valence-electron chi connectivity index (χ1n) is 6.19. The van der Waals surface area contributed by atoms with Crippen LogP contribution in [0.5, 0.6) is 0 Å². The molecule has 1 saturated carbocycles. The van der Waals surface area contributed by atoms with Gasteiger partial charge < -0.3 is 5.11 Å². The van der Waals surface area contributed by atoms with Gasteiger partial charge in [0, 0.05) is 12.4 Å². The molecule has 0 spiro atoms. The summed E-state index contributed by atoms with van der Waals surface area (Å²) in [5, 5.41) is 8.81.